The van der Waals surface area contributed by atoms with Gasteiger partial charge in [0.1, 0.15) is 5.82 Å². The topological polar surface area (TPSA) is 83.1 Å². The number of fused-ring (bicyclic) bond motifs is 1. The molecule has 0 saturated carbocycles. The highest BCUT2D eigenvalue weighted by molar-refractivity contribution is 5.95. The van der Waals surface area contributed by atoms with Crippen LogP contribution in [0.25, 0.3) is 28.2 Å². The number of nitrogens with one attached hydrogen (secondary N) is 1. The van der Waals surface area contributed by atoms with Crippen molar-refractivity contribution in [2.75, 3.05) is 5.32 Å². The van der Waals surface area contributed by atoms with Gasteiger partial charge in [-0.2, -0.15) is 10.4 Å². The molecule has 32 heavy (non-hydrogen) atoms. The molecule has 0 bridgehead atoms. The summed E-state index contributed by atoms with van der Waals surface area (Å²) in [6.45, 7) is 7.52. The van der Waals surface area contributed by atoms with E-state index in [4.69, 9.17) is 5.26 Å². The van der Waals surface area contributed by atoms with Crippen molar-refractivity contribution in [1.82, 2.24) is 14.6 Å². The minimum Gasteiger partial charge on any atom is -0.325 e. The van der Waals surface area contributed by atoms with Crippen LogP contribution in [0.15, 0.2) is 54.7 Å². The van der Waals surface area contributed by atoms with Crippen molar-refractivity contribution in [3.63, 3.8) is 0 Å². The Morgan fingerprint density at radius 3 is 2.59 bits per heavy atom. The highest BCUT2D eigenvalue weighted by atomic mass is 19.1. The zero-order valence-corrected chi connectivity index (χ0v) is 18.3. The number of aromatic nitrogens is 3. The molecule has 0 aliphatic carbocycles. The summed E-state index contributed by atoms with van der Waals surface area (Å²) in [6, 6.07) is 15.4. The fourth-order valence-corrected chi connectivity index (χ4v) is 3.18. The lowest BCUT2D eigenvalue weighted by atomic mass is 9.95. The SMILES string of the molecule is Cc1ccc(-c2cn3nc(-c4cc(C#N)ccc4F)ccc3n2)cc1NC(=O)C(C)(C)C. The second kappa shape index (κ2) is 7.89. The van der Waals surface area contributed by atoms with Gasteiger partial charge in [0.25, 0.3) is 0 Å². The molecule has 0 unspecified atom stereocenters. The van der Waals surface area contributed by atoms with E-state index in [9.17, 15) is 9.18 Å². The van der Waals surface area contributed by atoms with Crippen molar-refractivity contribution in [1.29, 1.82) is 5.26 Å². The maximum absolute atomic E-state index is 14.3. The van der Waals surface area contributed by atoms with Crippen LogP contribution in [0.2, 0.25) is 0 Å². The van der Waals surface area contributed by atoms with Crippen LogP contribution in [0.5, 0.6) is 0 Å². The molecular weight excluding hydrogens is 405 g/mol. The molecule has 0 atom stereocenters. The molecule has 0 saturated heterocycles. The van der Waals surface area contributed by atoms with Crippen molar-refractivity contribution in [2.45, 2.75) is 27.7 Å². The Bertz CT molecular complexity index is 1390. The highest BCUT2D eigenvalue weighted by Gasteiger charge is 2.22. The van der Waals surface area contributed by atoms with Gasteiger partial charge in [-0.05, 0) is 48.9 Å². The van der Waals surface area contributed by atoms with Gasteiger partial charge in [0.05, 0.1) is 29.2 Å². The first-order valence-corrected chi connectivity index (χ1v) is 10.1. The van der Waals surface area contributed by atoms with Gasteiger partial charge in [-0.25, -0.2) is 13.9 Å². The van der Waals surface area contributed by atoms with Gasteiger partial charge >= 0.3 is 0 Å². The number of halogens is 1. The van der Waals surface area contributed by atoms with E-state index in [1.807, 2.05) is 52.0 Å². The Balaban J connectivity index is 1.72. The zero-order valence-electron chi connectivity index (χ0n) is 18.3. The molecule has 0 radical (unpaired) electrons. The lowest BCUT2D eigenvalue weighted by Gasteiger charge is -2.19. The van der Waals surface area contributed by atoms with Gasteiger partial charge in [0.15, 0.2) is 5.65 Å². The first-order chi connectivity index (χ1) is 15.2. The summed E-state index contributed by atoms with van der Waals surface area (Å²) < 4.78 is 15.9. The van der Waals surface area contributed by atoms with E-state index in [1.165, 1.54) is 18.2 Å². The third-order valence-corrected chi connectivity index (χ3v) is 5.15. The number of rotatable bonds is 3. The summed E-state index contributed by atoms with van der Waals surface area (Å²) in [7, 11) is 0. The predicted molar refractivity (Wildman–Crippen MR) is 121 cm³/mol. The smallest absolute Gasteiger partial charge is 0.229 e. The summed E-state index contributed by atoms with van der Waals surface area (Å²) in [5, 5.41) is 16.6. The van der Waals surface area contributed by atoms with Crippen molar-refractivity contribution in [3.05, 3.63) is 71.7 Å². The van der Waals surface area contributed by atoms with Crippen LogP contribution in [0.3, 0.4) is 0 Å². The molecule has 7 heteroatoms. The van der Waals surface area contributed by atoms with Gasteiger partial charge in [0, 0.05) is 22.2 Å². The fourth-order valence-electron chi connectivity index (χ4n) is 3.18. The summed E-state index contributed by atoms with van der Waals surface area (Å²) in [5.74, 6) is -0.519. The molecule has 1 amide bonds. The predicted octanol–water partition coefficient (Wildman–Crippen LogP) is 5.37. The van der Waals surface area contributed by atoms with Crippen LogP contribution in [0.1, 0.15) is 31.9 Å². The number of nitriles is 1. The minimum absolute atomic E-state index is 0.0688. The Morgan fingerprint density at radius 1 is 1.09 bits per heavy atom. The standard InChI is InChI=1S/C25H22FN5O/c1-15-5-7-17(12-21(15)29-24(32)25(2,3)4)22-14-31-23(28-22)10-9-20(30-31)18-11-16(13-27)6-8-19(18)26/h5-12,14H,1-4H3,(H,29,32). The van der Waals surface area contributed by atoms with Crippen LogP contribution in [0.4, 0.5) is 10.1 Å². The van der Waals surface area contributed by atoms with E-state index in [1.54, 1.807) is 22.8 Å². The quantitative estimate of drug-likeness (QED) is 0.477. The average molecular weight is 427 g/mol. The van der Waals surface area contributed by atoms with Crippen molar-refractivity contribution < 1.29 is 9.18 Å². The van der Waals surface area contributed by atoms with E-state index < -0.39 is 11.2 Å². The van der Waals surface area contributed by atoms with Gasteiger partial charge in [-0.3, -0.25) is 4.79 Å². The third kappa shape index (κ3) is 4.08. The van der Waals surface area contributed by atoms with E-state index >= 15 is 0 Å². The molecule has 160 valence electrons. The zero-order chi connectivity index (χ0) is 23.0. The summed E-state index contributed by atoms with van der Waals surface area (Å²) in [6.07, 6.45) is 1.75. The average Bonchev–Trinajstić information content (AvgIpc) is 3.18. The van der Waals surface area contributed by atoms with E-state index in [2.05, 4.69) is 15.4 Å². The van der Waals surface area contributed by atoms with Crippen LogP contribution in [-0.2, 0) is 4.79 Å². The van der Waals surface area contributed by atoms with Crippen molar-refractivity contribution in [3.8, 4) is 28.6 Å². The number of nitrogens with zero attached hydrogens (tertiary/aromatic N) is 4. The molecule has 0 fully saturated rings. The molecular formula is C25H22FN5O. The molecule has 1 N–H and O–H groups in total. The van der Waals surface area contributed by atoms with E-state index in [0.717, 1.165) is 16.8 Å². The number of aryl methyl sites for hydroxylation is 1. The summed E-state index contributed by atoms with van der Waals surface area (Å²) >= 11 is 0. The second-order valence-corrected chi connectivity index (χ2v) is 8.69. The number of hydrogen-bond donors (Lipinski definition) is 1. The molecule has 6 nitrogen and oxygen atoms in total. The molecule has 0 spiro atoms. The normalized spacial score (nSPS) is 11.4. The lowest BCUT2D eigenvalue weighted by Crippen LogP contribution is -2.27. The number of benzene rings is 2. The van der Waals surface area contributed by atoms with E-state index in [0.29, 0.717) is 22.6 Å². The van der Waals surface area contributed by atoms with Crippen molar-refractivity contribution >= 4 is 17.2 Å². The number of imidazole rings is 1. The first-order valence-electron chi connectivity index (χ1n) is 10.1. The van der Waals surface area contributed by atoms with Crippen molar-refractivity contribution in [2.24, 2.45) is 5.41 Å². The molecule has 0 aliphatic rings. The molecule has 4 aromatic rings. The minimum atomic E-state index is -0.510. The van der Waals surface area contributed by atoms with Crippen LogP contribution in [0, 0.1) is 29.5 Å². The number of anilines is 1. The molecule has 2 heterocycles. The molecule has 4 rings (SSSR count). The highest BCUT2D eigenvalue weighted by Crippen LogP contribution is 2.28. The Hall–Kier alpha value is -4.05. The summed E-state index contributed by atoms with van der Waals surface area (Å²) in [5.41, 5.74) is 4.27. The molecule has 0 aliphatic heterocycles. The summed E-state index contributed by atoms with van der Waals surface area (Å²) in [4.78, 5) is 17.0. The number of amides is 1. The van der Waals surface area contributed by atoms with Gasteiger partial charge in [-0.15, -0.1) is 0 Å². The fraction of sp³-hybridized carbons (Fsp3) is 0.200. The largest absolute Gasteiger partial charge is 0.325 e. The molecule has 2 aromatic heterocycles. The second-order valence-electron chi connectivity index (χ2n) is 8.69. The maximum atomic E-state index is 14.3. The Kier molecular flexibility index (Phi) is 5.23. The van der Waals surface area contributed by atoms with E-state index in [-0.39, 0.29) is 11.5 Å². The number of hydrogen-bond acceptors (Lipinski definition) is 4. The van der Waals surface area contributed by atoms with Crippen LogP contribution in [-0.4, -0.2) is 20.5 Å². The monoisotopic (exact) mass is 427 g/mol. The number of carbonyl (C=O) groups excluding carboxylic acids is 1. The Morgan fingerprint density at radius 2 is 1.88 bits per heavy atom. The maximum Gasteiger partial charge on any atom is 0.229 e. The van der Waals surface area contributed by atoms with Gasteiger partial charge < -0.3 is 5.32 Å². The third-order valence-electron chi connectivity index (χ3n) is 5.15. The Labute approximate surface area is 185 Å². The van der Waals surface area contributed by atoms with Crippen LogP contribution < -0.4 is 5.32 Å². The molecule has 2 aromatic carbocycles. The lowest BCUT2D eigenvalue weighted by molar-refractivity contribution is -0.123. The van der Waals surface area contributed by atoms with Gasteiger partial charge in [-0.1, -0.05) is 32.9 Å². The number of carbonyl (C=O) groups is 1. The van der Waals surface area contributed by atoms with Crippen LogP contribution >= 0.6 is 0 Å². The van der Waals surface area contributed by atoms with Gasteiger partial charge in [0.2, 0.25) is 5.91 Å². The first kappa shape index (κ1) is 21.2.